The first-order valence-corrected chi connectivity index (χ1v) is 6.13. The summed E-state index contributed by atoms with van der Waals surface area (Å²) in [5, 5.41) is 13.2. The van der Waals surface area contributed by atoms with Crippen LogP contribution in [0.15, 0.2) is 48.7 Å². The van der Waals surface area contributed by atoms with E-state index in [0.29, 0.717) is 0 Å². The second-order valence-corrected chi connectivity index (χ2v) is 4.54. The van der Waals surface area contributed by atoms with E-state index in [1.807, 2.05) is 36.4 Å². The third-order valence-corrected chi connectivity index (χ3v) is 3.25. The average Bonchev–Trinajstić information content (AvgIpc) is 2.42. The number of phenols is 1. The highest BCUT2D eigenvalue weighted by Gasteiger charge is 2.26. The molecule has 3 nitrogen and oxygen atoms in total. The number of pyridine rings is 1. The maximum absolute atomic E-state index is 9.83. The summed E-state index contributed by atoms with van der Waals surface area (Å²) in [6.45, 7) is 4.18. The summed E-state index contributed by atoms with van der Waals surface area (Å²) in [5.74, 6) is 0.258. The maximum Gasteiger partial charge on any atom is 0.138 e. The summed E-state index contributed by atoms with van der Waals surface area (Å²) in [4.78, 5) is 4.40. The molecule has 0 saturated carbocycles. The van der Waals surface area contributed by atoms with E-state index in [1.165, 1.54) is 0 Å². The van der Waals surface area contributed by atoms with Crippen LogP contribution in [0.3, 0.4) is 0 Å². The highest BCUT2D eigenvalue weighted by molar-refractivity contribution is 5.57. The van der Waals surface area contributed by atoms with Gasteiger partial charge in [-0.2, -0.15) is 0 Å². The summed E-state index contributed by atoms with van der Waals surface area (Å²) < 4.78 is 0. The third-order valence-electron chi connectivity index (χ3n) is 3.25. The number of aromatic nitrogens is 1. The largest absolute Gasteiger partial charge is 0.506 e. The Balaban J connectivity index is 2.32. The lowest BCUT2D eigenvalue weighted by Crippen LogP contribution is -2.32. The van der Waals surface area contributed by atoms with Crippen LogP contribution in [0.25, 0.3) is 0 Å². The zero-order chi connectivity index (χ0) is 13.0. The van der Waals surface area contributed by atoms with E-state index in [-0.39, 0.29) is 11.3 Å². The SMILES string of the molecule is CCC(C)(Nc1ccccc1O)c1ccccn1. The Morgan fingerprint density at radius 2 is 1.89 bits per heavy atom. The number of aromatic hydroxyl groups is 1. The molecule has 0 saturated heterocycles. The number of nitrogens with zero attached hydrogens (tertiary/aromatic N) is 1. The fourth-order valence-electron chi connectivity index (χ4n) is 1.90. The van der Waals surface area contributed by atoms with Crippen molar-refractivity contribution in [1.29, 1.82) is 0 Å². The number of hydrogen-bond donors (Lipinski definition) is 2. The van der Waals surface area contributed by atoms with Crippen LogP contribution in [0.2, 0.25) is 0 Å². The van der Waals surface area contributed by atoms with Crippen LogP contribution in [-0.4, -0.2) is 10.1 Å². The van der Waals surface area contributed by atoms with Gasteiger partial charge in [0.2, 0.25) is 0 Å². The van der Waals surface area contributed by atoms with Crippen molar-refractivity contribution >= 4 is 5.69 Å². The molecule has 3 heteroatoms. The molecule has 1 aromatic carbocycles. The molecule has 1 unspecified atom stereocenters. The second kappa shape index (κ2) is 5.08. The van der Waals surface area contributed by atoms with Gasteiger partial charge in [-0.3, -0.25) is 4.98 Å². The van der Waals surface area contributed by atoms with Gasteiger partial charge in [0, 0.05) is 6.20 Å². The van der Waals surface area contributed by atoms with Gasteiger partial charge in [-0.1, -0.05) is 25.1 Å². The van der Waals surface area contributed by atoms with Crippen LogP contribution in [0, 0.1) is 0 Å². The highest BCUT2D eigenvalue weighted by atomic mass is 16.3. The van der Waals surface area contributed by atoms with Crippen LogP contribution < -0.4 is 5.32 Å². The molecule has 94 valence electrons. The van der Waals surface area contributed by atoms with E-state index in [2.05, 4.69) is 24.1 Å². The molecular weight excluding hydrogens is 224 g/mol. The van der Waals surface area contributed by atoms with E-state index in [4.69, 9.17) is 0 Å². The van der Waals surface area contributed by atoms with Crippen LogP contribution >= 0.6 is 0 Å². The minimum atomic E-state index is -0.292. The Hall–Kier alpha value is -2.03. The molecule has 1 aromatic heterocycles. The van der Waals surface area contributed by atoms with Gasteiger partial charge in [-0.05, 0) is 37.6 Å². The molecule has 0 fully saturated rings. The molecule has 2 aromatic rings. The maximum atomic E-state index is 9.83. The molecule has 0 spiro atoms. The van der Waals surface area contributed by atoms with Crippen molar-refractivity contribution in [3.8, 4) is 5.75 Å². The van der Waals surface area contributed by atoms with Crippen LogP contribution in [0.4, 0.5) is 5.69 Å². The van der Waals surface area contributed by atoms with Gasteiger partial charge in [-0.15, -0.1) is 0 Å². The normalized spacial score (nSPS) is 13.9. The zero-order valence-electron chi connectivity index (χ0n) is 10.7. The van der Waals surface area contributed by atoms with Gasteiger partial charge in [0.25, 0.3) is 0 Å². The molecule has 2 rings (SSSR count). The Morgan fingerprint density at radius 1 is 1.17 bits per heavy atom. The fraction of sp³-hybridized carbons (Fsp3) is 0.267. The molecule has 0 radical (unpaired) electrons. The fourth-order valence-corrected chi connectivity index (χ4v) is 1.90. The number of hydrogen-bond acceptors (Lipinski definition) is 3. The Morgan fingerprint density at radius 3 is 2.50 bits per heavy atom. The number of nitrogens with one attached hydrogen (secondary N) is 1. The minimum absolute atomic E-state index is 0.258. The third kappa shape index (κ3) is 2.45. The molecule has 0 aliphatic heterocycles. The van der Waals surface area contributed by atoms with Gasteiger partial charge in [0.05, 0.1) is 16.9 Å². The lowest BCUT2D eigenvalue weighted by atomic mass is 9.93. The lowest BCUT2D eigenvalue weighted by molar-refractivity contribution is 0.465. The Kier molecular flexibility index (Phi) is 3.51. The summed E-state index contributed by atoms with van der Waals surface area (Å²) in [5.41, 5.74) is 1.41. The first-order valence-electron chi connectivity index (χ1n) is 6.13. The quantitative estimate of drug-likeness (QED) is 0.806. The van der Waals surface area contributed by atoms with Gasteiger partial charge >= 0.3 is 0 Å². The molecular formula is C15H18N2O. The number of anilines is 1. The van der Waals surface area contributed by atoms with Crippen molar-refractivity contribution in [2.45, 2.75) is 25.8 Å². The summed E-state index contributed by atoms with van der Waals surface area (Å²) in [7, 11) is 0. The smallest absolute Gasteiger partial charge is 0.138 e. The summed E-state index contributed by atoms with van der Waals surface area (Å²) in [6.07, 6.45) is 2.66. The van der Waals surface area contributed by atoms with E-state index in [9.17, 15) is 5.11 Å². The standard InChI is InChI=1S/C15H18N2O/c1-3-15(2,14-10-6-7-11-16-14)17-12-8-4-5-9-13(12)18/h4-11,17-18H,3H2,1-2H3. The molecule has 0 aliphatic carbocycles. The Bertz CT molecular complexity index is 513. The number of phenolic OH excluding ortho intramolecular Hbond substituents is 1. The lowest BCUT2D eigenvalue weighted by Gasteiger charge is -2.30. The monoisotopic (exact) mass is 242 g/mol. The van der Waals surface area contributed by atoms with Crippen molar-refractivity contribution in [2.24, 2.45) is 0 Å². The number of para-hydroxylation sites is 2. The van der Waals surface area contributed by atoms with Gasteiger partial charge in [0.15, 0.2) is 0 Å². The second-order valence-electron chi connectivity index (χ2n) is 4.54. The van der Waals surface area contributed by atoms with Gasteiger partial charge in [0.1, 0.15) is 5.75 Å². The molecule has 2 N–H and O–H groups in total. The summed E-state index contributed by atoms with van der Waals surface area (Å²) >= 11 is 0. The van der Waals surface area contributed by atoms with Gasteiger partial charge in [-0.25, -0.2) is 0 Å². The average molecular weight is 242 g/mol. The predicted molar refractivity (Wildman–Crippen MR) is 73.6 cm³/mol. The molecule has 1 atom stereocenters. The van der Waals surface area contributed by atoms with Crippen molar-refractivity contribution in [3.05, 3.63) is 54.4 Å². The minimum Gasteiger partial charge on any atom is -0.506 e. The Labute approximate surface area is 108 Å². The van der Waals surface area contributed by atoms with Crippen molar-refractivity contribution in [2.75, 3.05) is 5.32 Å². The van der Waals surface area contributed by atoms with Crippen LogP contribution in [0.5, 0.6) is 5.75 Å². The molecule has 1 heterocycles. The first kappa shape index (κ1) is 12.4. The van der Waals surface area contributed by atoms with E-state index in [1.54, 1.807) is 12.3 Å². The zero-order valence-corrected chi connectivity index (χ0v) is 10.7. The number of benzene rings is 1. The molecule has 0 bridgehead atoms. The summed E-state index contributed by atoms with van der Waals surface area (Å²) in [6, 6.07) is 13.1. The van der Waals surface area contributed by atoms with Crippen molar-refractivity contribution < 1.29 is 5.11 Å². The topological polar surface area (TPSA) is 45.1 Å². The number of rotatable bonds is 4. The van der Waals surface area contributed by atoms with Crippen molar-refractivity contribution in [3.63, 3.8) is 0 Å². The van der Waals surface area contributed by atoms with Crippen LogP contribution in [0.1, 0.15) is 26.0 Å². The van der Waals surface area contributed by atoms with Crippen molar-refractivity contribution in [1.82, 2.24) is 4.98 Å². The molecule has 18 heavy (non-hydrogen) atoms. The van der Waals surface area contributed by atoms with E-state index in [0.717, 1.165) is 17.8 Å². The van der Waals surface area contributed by atoms with E-state index < -0.39 is 0 Å². The molecule has 0 aliphatic rings. The molecule has 0 amide bonds. The first-order chi connectivity index (χ1) is 8.65. The van der Waals surface area contributed by atoms with E-state index >= 15 is 0 Å². The predicted octanol–water partition coefficient (Wildman–Crippen LogP) is 3.52. The highest BCUT2D eigenvalue weighted by Crippen LogP contribution is 2.31. The van der Waals surface area contributed by atoms with Crippen LogP contribution in [-0.2, 0) is 5.54 Å². The van der Waals surface area contributed by atoms with Gasteiger partial charge < -0.3 is 10.4 Å².